The Balaban J connectivity index is 1.77. The minimum absolute atomic E-state index is 0.0401. The number of rotatable bonds is 8. The van der Waals surface area contributed by atoms with Crippen LogP contribution >= 0.6 is 15.9 Å². The number of benzene rings is 2. The molecule has 0 radical (unpaired) electrons. The van der Waals surface area contributed by atoms with E-state index >= 15 is 0 Å². The van der Waals surface area contributed by atoms with Gasteiger partial charge in [0, 0.05) is 22.1 Å². The molecule has 0 bridgehead atoms. The van der Waals surface area contributed by atoms with E-state index in [4.69, 9.17) is 5.21 Å². The van der Waals surface area contributed by atoms with Gasteiger partial charge in [-0.25, -0.2) is 0 Å². The number of carbonyl (C=O) groups excluding carboxylic acids is 2. The van der Waals surface area contributed by atoms with Crippen molar-refractivity contribution >= 4 is 39.0 Å². The summed E-state index contributed by atoms with van der Waals surface area (Å²) >= 11 is 3.32. The van der Waals surface area contributed by atoms with Gasteiger partial charge in [0.2, 0.25) is 5.91 Å². The molecule has 2 aromatic carbocycles. The third-order valence-electron chi connectivity index (χ3n) is 3.60. The van der Waals surface area contributed by atoms with Crippen LogP contribution in [-0.2, 0) is 4.79 Å². The molecule has 0 aliphatic carbocycles. The molecular weight excluding hydrogens is 384 g/mol. The van der Waals surface area contributed by atoms with Crippen LogP contribution in [0.3, 0.4) is 0 Å². The highest BCUT2D eigenvalue weighted by Crippen LogP contribution is 2.13. The molecule has 0 aromatic heterocycles. The van der Waals surface area contributed by atoms with E-state index in [9.17, 15) is 9.59 Å². The van der Waals surface area contributed by atoms with E-state index in [0.717, 1.165) is 10.2 Å². The highest BCUT2D eigenvalue weighted by atomic mass is 79.9. The maximum Gasteiger partial charge on any atom is 0.224 e. The van der Waals surface area contributed by atoms with Gasteiger partial charge in [0.25, 0.3) is 0 Å². The average Bonchev–Trinajstić information content (AvgIpc) is 2.62. The number of amides is 1. The Hall–Kier alpha value is -2.47. The van der Waals surface area contributed by atoms with Crippen LogP contribution in [0.15, 0.2) is 64.2 Å². The normalized spacial score (nSPS) is 11.2. The van der Waals surface area contributed by atoms with E-state index < -0.39 is 0 Å². The van der Waals surface area contributed by atoms with Gasteiger partial charge in [-0.15, -0.1) is 0 Å². The summed E-state index contributed by atoms with van der Waals surface area (Å²) in [5, 5.41) is 15.1. The third-order valence-corrected chi connectivity index (χ3v) is 4.13. The first-order valence-electron chi connectivity index (χ1n) is 7.92. The van der Waals surface area contributed by atoms with E-state index in [1.807, 2.05) is 30.3 Å². The standard InChI is InChI=1S/C19H19BrN2O3/c20-15-11-9-14(10-12-15)18(23)13-17(22-25)7-4-8-19(24)21-16-5-2-1-3-6-16/h1-3,5-6,9-12,25H,4,7-8,13H2,(H,21,24)/b22-17+. The van der Waals surface area contributed by atoms with Crippen LogP contribution in [0.1, 0.15) is 36.0 Å². The number of carbonyl (C=O) groups is 2. The summed E-state index contributed by atoms with van der Waals surface area (Å²) in [6, 6.07) is 16.2. The van der Waals surface area contributed by atoms with Crippen LogP contribution < -0.4 is 5.32 Å². The highest BCUT2D eigenvalue weighted by molar-refractivity contribution is 9.10. The Morgan fingerprint density at radius 3 is 2.32 bits per heavy atom. The lowest BCUT2D eigenvalue weighted by atomic mass is 10.0. The van der Waals surface area contributed by atoms with Gasteiger partial charge in [-0.05, 0) is 37.1 Å². The minimum atomic E-state index is -0.117. The van der Waals surface area contributed by atoms with Crippen molar-refractivity contribution in [2.75, 3.05) is 5.32 Å². The fraction of sp³-hybridized carbons (Fsp3) is 0.211. The van der Waals surface area contributed by atoms with E-state index in [1.54, 1.807) is 24.3 Å². The van der Waals surface area contributed by atoms with Crippen LogP contribution in [0, 0.1) is 0 Å². The number of hydrogen-bond donors (Lipinski definition) is 2. The Kier molecular flexibility index (Phi) is 7.35. The SMILES string of the molecule is O=C(CCC/C(CC(=O)c1ccc(Br)cc1)=N\O)Nc1ccccc1. The van der Waals surface area contributed by atoms with Crippen molar-refractivity contribution in [2.24, 2.45) is 5.16 Å². The van der Waals surface area contributed by atoms with Gasteiger partial charge in [-0.3, -0.25) is 9.59 Å². The zero-order valence-electron chi connectivity index (χ0n) is 13.6. The minimum Gasteiger partial charge on any atom is -0.411 e. The van der Waals surface area contributed by atoms with Gasteiger partial charge in [0.15, 0.2) is 5.78 Å². The summed E-state index contributed by atoms with van der Waals surface area (Å²) in [5.41, 5.74) is 1.68. The molecule has 5 nitrogen and oxygen atoms in total. The van der Waals surface area contributed by atoms with Crippen molar-refractivity contribution < 1.29 is 14.8 Å². The summed E-state index contributed by atoms with van der Waals surface area (Å²) in [6.07, 6.45) is 1.23. The van der Waals surface area contributed by atoms with Gasteiger partial charge in [-0.1, -0.05) is 51.4 Å². The van der Waals surface area contributed by atoms with Crippen molar-refractivity contribution in [1.82, 2.24) is 0 Å². The zero-order valence-corrected chi connectivity index (χ0v) is 15.2. The van der Waals surface area contributed by atoms with Crippen molar-refractivity contribution in [3.05, 3.63) is 64.6 Å². The molecule has 6 heteroatoms. The molecule has 0 aliphatic heterocycles. The van der Waals surface area contributed by atoms with Crippen LogP contribution in [0.25, 0.3) is 0 Å². The average molecular weight is 403 g/mol. The molecular formula is C19H19BrN2O3. The Morgan fingerprint density at radius 1 is 1.00 bits per heavy atom. The first-order chi connectivity index (χ1) is 12.1. The van der Waals surface area contributed by atoms with E-state index in [1.165, 1.54) is 0 Å². The second-order valence-electron chi connectivity index (χ2n) is 5.54. The lowest BCUT2D eigenvalue weighted by Gasteiger charge is -2.06. The van der Waals surface area contributed by atoms with Crippen molar-refractivity contribution in [3.63, 3.8) is 0 Å². The molecule has 1 amide bonds. The number of para-hydroxylation sites is 1. The monoisotopic (exact) mass is 402 g/mol. The van der Waals surface area contributed by atoms with Gasteiger partial charge in [-0.2, -0.15) is 0 Å². The number of halogens is 1. The molecule has 2 aromatic rings. The summed E-state index contributed by atoms with van der Waals surface area (Å²) < 4.78 is 0.893. The van der Waals surface area contributed by atoms with E-state index in [0.29, 0.717) is 30.5 Å². The smallest absolute Gasteiger partial charge is 0.224 e. The number of nitrogens with zero attached hydrogens (tertiary/aromatic N) is 1. The highest BCUT2D eigenvalue weighted by Gasteiger charge is 2.12. The van der Waals surface area contributed by atoms with Crippen molar-refractivity contribution in [1.29, 1.82) is 0 Å². The number of ketones is 1. The molecule has 25 heavy (non-hydrogen) atoms. The summed E-state index contributed by atoms with van der Waals surface area (Å²) in [5.74, 6) is -0.225. The Labute approximate surface area is 154 Å². The fourth-order valence-corrected chi connectivity index (χ4v) is 2.56. The lowest BCUT2D eigenvalue weighted by Crippen LogP contribution is -2.13. The molecule has 0 saturated carbocycles. The van der Waals surface area contributed by atoms with Gasteiger partial charge < -0.3 is 10.5 Å². The second kappa shape index (κ2) is 9.74. The zero-order chi connectivity index (χ0) is 18.1. The third kappa shape index (κ3) is 6.51. The molecule has 0 saturated heterocycles. The summed E-state index contributed by atoms with van der Waals surface area (Å²) in [6.45, 7) is 0. The van der Waals surface area contributed by atoms with Crippen LogP contribution in [0.5, 0.6) is 0 Å². The van der Waals surface area contributed by atoms with Crippen LogP contribution in [0.4, 0.5) is 5.69 Å². The number of nitrogens with one attached hydrogen (secondary N) is 1. The summed E-state index contributed by atoms with van der Waals surface area (Å²) in [7, 11) is 0. The molecule has 0 heterocycles. The molecule has 0 fully saturated rings. The number of oxime groups is 1. The second-order valence-corrected chi connectivity index (χ2v) is 6.46. The van der Waals surface area contributed by atoms with Gasteiger partial charge >= 0.3 is 0 Å². The maximum absolute atomic E-state index is 12.2. The topological polar surface area (TPSA) is 78.8 Å². The molecule has 0 atom stereocenters. The molecule has 130 valence electrons. The van der Waals surface area contributed by atoms with Gasteiger partial charge in [0.1, 0.15) is 0 Å². The predicted molar refractivity (Wildman–Crippen MR) is 101 cm³/mol. The first-order valence-corrected chi connectivity index (χ1v) is 8.71. The quantitative estimate of drug-likeness (QED) is 0.291. The Bertz CT molecular complexity index is 743. The van der Waals surface area contributed by atoms with Crippen LogP contribution in [0.2, 0.25) is 0 Å². The van der Waals surface area contributed by atoms with E-state index in [-0.39, 0.29) is 18.1 Å². The van der Waals surface area contributed by atoms with E-state index in [2.05, 4.69) is 26.4 Å². The number of anilines is 1. The first kappa shape index (κ1) is 18.9. The lowest BCUT2D eigenvalue weighted by molar-refractivity contribution is -0.116. The molecule has 2 rings (SSSR count). The predicted octanol–water partition coefficient (Wildman–Crippen LogP) is 4.66. The molecule has 0 spiro atoms. The van der Waals surface area contributed by atoms with Crippen molar-refractivity contribution in [3.8, 4) is 0 Å². The van der Waals surface area contributed by atoms with Crippen LogP contribution in [-0.4, -0.2) is 22.6 Å². The fourth-order valence-electron chi connectivity index (χ4n) is 2.29. The molecule has 0 aliphatic rings. The molecule has 0 unspecified atom stereocenters. The largest absolute Gasteiger partial charge is 0.411 e. The van der Waals surface area contributed by atoms with Crippen molar-refractivity contribution in [2.45, 2.75) is 25.7 Å². The summed E-state index contributed by atoms with van der Waals surface area (Å²) in [4.78, 5) is 24.0. The maximum atomic E-state index is 12.2. The van der Waals surface area contributed by atoms with Gasteiger partial charge in [0.05, 0.1) is 12.1 Å². The molecule has 2 N–H and O–H groups in total. The number of hydrogen-bond acceptors (Lipinski definition) is 4. The Morgan fingerprint density at radius 2 is 1.68 bits per heavy atom. The number of Topliss-reactive ketones (excluding diaryl/α,β-unsaturated/α-hetero) is 1.